The van der Waals surface area contributed by atoms with Crippen LogP contribution < -0.4 is 10.5 Å². The van der Waals surface area contributed by atoms with Crippen molar-refractivity contribution < 1.29 is 13.6 Å². The Hall–Kier alpha value is -1.02. The van der Waals surface area contributed by atoms with Gasteiger partial charge in [0, 0.05) is 0 Å². The van der Waals surface area contributed by atoms with Crippen LogP contribution in [0.3, 0.4) is 0 Å². The van der Waals surface area contributed by atoms with E-state index in [1.165, 1.54) is 18.2 Å². The maximum atomic E-state index is 12.5. The van der Waals surface area contributed by atoms with E-state index < -0.39 is 15.6 Å². The van der Waals surface area contributed by atoms with Gasteiger partial charge in [-0.1, -0.05) is 41.2 Å². The second-order valence-corrected chi connectivity index (χ2v) is 7.45. The number of oxime groups is 1. The molecule has 0 radical (unpaired) electrons. The third kappa shape index (κ3) is 3.26. The summed E-state index contributed by atoms with van der Waals surface area (Å²) in [4.78, 5) is -0.0195. The van der Waals surface area contributed by atoms with Gasteiger partial charge in [0.25, 0.3) is 0 Å². The topological polar surface area (TPSA) is 105 Å². The van der Waals surface area contributed by atoms with Gasteiger partial charge >= 0.3 is 0 Å². The van der Waals surface area contributed by atoms with Gasteiger partial charge in [-0.3, -0.25) is 0 Å². The standard InChI is InChI=1S/C12H15Cl2N3O3S/c13-9-4-3-8(7-10(9)14)21(19,20)17-12(11(15)16-18)5-1-2-6-12/h3-4,7,17-18H,1-2,5-6H2,(H2,15,16). The molecule has 1 aromatic rings. The third-order valence-corrected chi connectivity index (χ3v) is 5.86. The van der Waals surface area contributed by atoms with E-state index in [9.17, 15) is 8.42 Å². The van der Waals surface area contributed by atoms with Crippen LogP contribution in [0.15, 0.2) is 28.3 Å². The van der Waals surface area contributed by atoms with Crippen LogP contribution in [0.4, 0.5) is 0 Å². The Morgan fingerprint density at radius 1 is 1.29 bits per heavy atom. The fraction of sp³-hybridized carbons (Fsp3) is 0.417. The Morgan fingerprint density at radius 3 is 2.43 bits per heavy atom. The summed E-state index contributed by atoms with van der Waals surface area (Å²) in [6, 6.07) is 4.02. The fourth-order valence-corrected chi connectivity index (χ4v) is 4.27. The number of nitrogens with two attached hydrogens (primary N) is 1. The van der Waals surface area contributed by atoms with Crippen LogP contribution in [0.1, 0.15) is 25.7 Å². The lowest BCUT2D eigenvalue weighted by atomic mass is 9.98. The van der Waals surface area contributed by atoms with Gasteiger partial charge in [-0.15, -0.1) is 0 Å². The zero-order valence-corrected chi connectivity index (χ0v) is 13.3. The lowest BCUT2D eigenvalue weighted by Gasteiger charge is -2.28. The molecule has 0 aliphatic heterocycles. The molecule has 2 rings (SSSR count). The van der Waals surface area contributed by atoms with Crippen LogP contribution in [0.25, 0.3) is 0 Å². The summed E-state index contributed by atoms with van der Waals surface area (Å²) in [5.41, 5.74) is 4.62. The van der Waals surface area contributed by atoms with Gasteiger partial charge < -0.3 is 10.9 Å². The van der Waals surface area contributed by atoms with Crippen LogP contribution in [0.2, 0.25) is 10.0 Å². The molecule has 9 heteroatoms. The summed E-state index contributed by atoms with van der Waals surface area (Å²) < 4.78 is 27.5. The molecular weight excluding hydrogens is 337 g/mol. The molecule has 0 atom stereocenters. The number of halogens is 2. The predicted molar refractivity (Wildman–Crippen MR) is 81.4 cm³/mol. The highest BCUT2D eigenvalue weighted by molar-refractivity contribution is 7.89. The van der Waals surface area contributed by atoms with E-state index in [1.54, 1.807) is 0 Å². The van der Waals surface area contributed by atoms with Gasteiger partial charge in [0.2, 0.25) is 10.0 Å². The largest absolute Gasteiger partial charge is 0.409 e. The second-order valence-electron chi connectivity index (χ2n) is 4.96. The highest BCUT2D eigenvalue weighted by atomic mass is 35.5. The maximum absolute atomic E-state index is 12.5. The molecule has 0 bridgehead atoms. The molecule has 1 aromatic carbocycles. The average Bonchev–Trinajstić information content (AvgIpc) is 2.89. The number of hydrogen-bond donors (Lipinski definition) is 3. The van der Waals surface area contributed by atoms with Crippen molar-refractivity contribution in [3.8, 4) is 0 Å². The van der Waals surface area contributed by atoms with Crippen LogP contribution in [0.5, 0.6) is 0 Å². The third-order valence-electron chi connectivity index (χ3n) is 3.59. The van der Waals surface area contributed by atoms with Crippen molar-refractivity contribution in [2.24, 2.45) is 10.9 Å². The average molecular weight is 352 g/mol. The van der Waals surface area contributed by atoms with Gasteiger partial charge in [-0.05, 0) is 31.0 Å². The Bertz CT molecular complexity index is 670. The van der Waals surface area contributed by atoms with Gasteiger partial charge in [-0.2, -0.15) is 4.72 Å². The Balaban J connectivity index is 2.37. The van der Waals surface area contributed by atoms with Gasteiger partial charge in [0.1, 0.15) is 0 Å². The molecule has 0 spiro atoms. The molecule has 0 heterocycles. The molecule has 21 heavy (non-hydrogen) atoms. The molecular formula is C12H15Cl2N3O3S. The minimum atomic E-state index is -3.86. The van der Waals surface area contributed by atoms with E-state index in [0.29, 0.717) is 12.8 Å². The summed E-state index contributed by atoms with van der Waals surface area (Å²) in [6.07, 6.45) is 2.53. The van der Waals surface area contributed by atoms with E-state index in [2.05, 4.69) is 9.88 Å². The van der Waals surface area contributed by atoms with Gasteiger partial charge in [0.15, 0.2) is 5.84 Å². The van der Waals surface area contributed by atoms with Crippen molar-refractivity contribution in [2.75, 3.05) is 0 Å². The highest BCUT2D eigenvalue weighted by Crippen LogP contribution is 2.32. The van der Waals surface area contributed by atoms with Crippen molar-refractivity contribution in [1.82, 2.24) is 4.72 Å². The van der Waals surface area contributed by atoms with Crippen molar-refractivity contribution in [3.05, 3.63) is 28.2 Å². The lowest BCUT2D eigenvalue weighted by molar-refractivity contribution is 0.309. The number of benzene rings is 1. The molecule has 1 fully saturated rings. The first-order valence-corrected chi connectivity index (χ1v) is 8.52. The molecule has 116 valence electrons. The number of nitrogens with one attached hydrogen (secondary N) is 1. The smallest absolute Gasteiger partial charge is 0.241 e. The number of rotatable bonds is 4. The molecule has 4 N–H and O–H groups in total. The zero-order chi connectivity index (χ0) is 15.7. The number of nitrogens with zero attached hydrogens (tertiary/aromatic N) is 1. The lowest BCUT2D eigenvalue weighted by Crippen LogP contribution is -2.55. The monoisotopic (exact) mass is 351 g/mol. The van der Waals surface area contributed by atoms with Gasteiger partial charge in [-0.25, -0.2) is 8.42 Å². The Kier molecular flexibility index (Phi) is 4.67. The van der Waals surface area contributed by atoms with E-state index in [1.807, 2.05) is 0 Å². The van der Waals surface area contributed by atoms with Crippen LogP contribution >= 0.6 is 23.2 Å². The molecule has 0 amide bonds. The van der Waals surface area contributed by atoms with Crippen molar-refractivity contribution >= 4 is 39.1 Å². The molecule has 1 saturated carbocycles. The van der Waals surface area contributed by atoms with E-state index >= 15 is 0 Å². The Labute approximate surface area is 133 Å². The first-order valence-electron chi connectivity index (χ1n) is 6.28. The first kappa shape index (κ1) is 16.4. The van der Waals surface area contributed by atoms with E-state index in [0.717, 1.165) is 12.8 Å². The summed E-state index contributed by atoms with van der Waals surface area (Å²) in [5, 5.41) is 12.3. The van der Waals surface area contributed by atoms with E-state index in [-0.39, 0.29) is 20.8 Å². The molecule has 0 saturated heterocycles. The molecule has 0 unspecified atom stereocenters. The van der Waals surface area contributed by atoms with E-state index in [4.69, 9.17) is 34.1 Å². The SMILES string of the molecule is N/C(=N/O)C1(NS(=O)(=O)c2ccc(Cl)c(Cl)c2)CCCC1. The number of sulfonamides is 1. The highest BCUT2D eigenvalue weighted by Gasteiger charge is 2.42. The zero-order valence-electron chi connectivity index (χ0n) is 11.0. The van der Waals surface area contributed by atoms with Crippen molar-refractivity contribution in [2.45, 2.75) is 36.1 Å². The second kappa shape index (κ2) is 6.00. The first-order chi connectivity index (χ1) is 9.81. The Morgan fingerprint density at radius 2 is 1.90 bits per heavy atom. The predicted octanol–water partition coefficient (Wildman–Crippen LogP) is 2.33. The fourth-order valence-electron chi connectivity index (χ4n) is 2.44. The number of amidine groups is 1. The summed E-state index contributed by atoms with van der Waals surface area (Å²) in [5.74, 6) is -0.136. The minimum Gasteiger partial charge on any atom is -0.409 e. The summed E-state index contributed by atoms with van der Waals surface area (Å²) in [7, 11) is -3.86. The maximum Gasteiger partial charge on any atom is 0.241 e. The number of hydrogen-bond acceptors (Lipinski definition) is 4. The molecule has 1 aliphatic carbocycles. The summed E-state index contributed by atoms with van der Waals surface area (Å²) >= 11 is 11.6. The quantitative estimate of drug-likeness (QED) is 0.335. The van der Waals surface area contributed by atoms with Crippen LogP contribution in [-0.4, -0.2) is 25.0 Å². The van der Waals surface area contributed by atoms with Crippen LogP contribution in [-0.2, 0) is 10.0 Å². The van der Waals surface area contributed by atoms with Gasteiger partial charge in [0.05, 0.1) is 20.5 Å². The van der Waals surface area contributed by atoms with Crippen molar-refractivity contribution in [3.63, 3.8) is 0 Å². The molecule has 1 aliphatic rings. The van der Waals surface area contributed by atoms with Crippen molar-refractivity contribution in [1.29, 1.82) is 0 Å². The van der Waals surface area contributed by atoms with Crippen LogP contribution in [0, 0.1) is 0 Å². The summed E-state index contributed by atoms with van der Waals surface area (Å²) in [6.45, 7) is 0. The minimum absolute atomic E-state index is 0.0195. The normalized spacial score (nSPS) is 18.9. The molecule has 6 nitrogen and oxygen atoms in total. The molecule has 0 aromatic heterocycles.